The molecular weight excluding hydrogens is 248 g/mol. The van der Waals surface area contributed by atoms with Crippen LogP contribution in [0.15, 0.2) is 12.7 Å². The summed E-state index contributed by atoms with van der Waals surface area (Å²) in [6, 6.07) is 0. The molecule has 0 amide bonds. The number of hydrogen-bond acceptors (Lipinski definition) is 5. The van der Waals surface area contributed by atoms with Crippen LogP contribution in [0.25, 0.3) is 0 Å². The van der Waals surface area contributed by atoms with Gasteiger partial charge < -0.3 is 9.47 Å². The van der Waals surface area contributed by atoms with Crippen molar-refractivity contribution in [3.05, 3.63) is 12.7 Å². The van der Waals surface area contributed by atoms with Crippen LogP contribution in [0.5, 0.6) is 0 Å². The molecule has 0 N–H and O–H groups in total. The van der Waals surface area contributed by atoms with Crippen molar-refractivity contribution in [1.29, 1.82) is 0 Å². The minimum Gasteiger partial charge on any atom is -0.465 e. The van der Waals surface area contributed by atoms with E-state index in [0.717, 1.165) is 25.3 Å². The Morgan fingerprint density at radius 2 is 1.74 bits per heavy atom. The van der Waals surface area contributed by atoms with Crippen LogP contribution in [-0.2, 0) is 23.9 Å². The minimum absolute atomic E-state index is 0.350. The quantitative estimate of drug-likeness (QED) is 0.433. The van der Waals surface area contributed by atoms with Crippen molar-refractivity contribution in [1.82, 2.24) is 0 Å². The second-order valence-corrected chi connectivity index (χ2v) is 4.61. The molecule has 19 heavy (non-hydrogen) atoms. The highest BCUT2D eigenvalue weighted by Crippen LogP contribution is 2.32. The fourth-order valence-corrected chi connectivity index (χ4v) is 2.22. The Morgan fingerprint density at radius 3 is 2.26 bits per heavy atom. The molecule has 0 aromatic rings. The molecule has 1 fully saturated rings. The fourth-order valence-electron chi connectivity index (χ4n) is 2.22. The molecule has 0 heterocycles. The summed E-state index contributed by atoms with van der Waals surface area (Å²) in [5, 5.41) is 0. The summed E-state index contributed by atoms with van der Waals surface area (Å²) < 4.78 is 9.71. The predicted octanol–water partition coefficient (Wildman–Crippen LogP) is 2.00. The van der Waals surface area contributed by atoms with Gasteiger partial charge in [0.2, 0.25) is 0 Å². The lowest BCUT2D eigenvalue weighted by Crippen LogP contribution is -2.35. The van der Waals surface area contributed by atoms with Crippen molar-refractivity contribution in [3.8, 4) is 0 Å². The van der Waals surface area contributed by atoms with Gasteiger partial charge in [0.25, 0.3) is 0 Å². The Hall–Kier alpha value is -1.65. The molecule has 0 spiro atoms. The molecule has 0 aliphatic heterocycles. The monoisotopic (exact) mass is 268 g/mol. The predicted molar refractivity (Wildman–Crippen MR) is 68.0 cm³/mol. The average Bonchev–Trinajstić information content (AvgIpc) is 2.44. The third-order valence-corrected chi connectivity index (χ3v) is 3.19. The van der Waals surface area contributed by atoms with Gasteiger partial charge in [0.05, 0.1) is 18.4 Å². The van der Waals surface area contributed by atoms with Crippen molar-refractivity contribution >= 4 is 17.9 Å². The smallest absolute Gasteiger partial charge is 0.337 e. The minimum atomic E-state index is -0.781. The number of carbonyl (C=O) groups excluding carboxylic acids is 3. The first-order valence-corrected chi connectivity index (χ1v) is 6.64. The molecular formula is C14H20O5. The van der Waals surface area contributed by atoms with E-state index < -0.39 is 23.8 Å². The van der Waals surface area contributed by atoms with E-state index in [2.05, 4.69) is 11.3 Å². The SMILES string of the molecule is C=CC(=O)OC(=O)C1CCCCC1C(=O)OCCC. The molecule has 0 aromatic heterocycles. The van der Waals surface area contributed by atoms with Crippen LogP contribution >= 0.6 is 0 Å². The molecule has 5 heteroatoms. The summed E-state index contributed by atoms with van der Waals surface area (Å²) in [4.78, 5) is 34.8. The van der Waals surface area contributed by atoms with Gasteiger partial charge in [0.15, 0.2) is 0 Å². The van der Waals surface area contributed by atoms with Crippen molar-refractivity contribution < 1.29 is 23.9 Å². The molecule has 0 radical (unpaired) electrons. The van der Waals surface area contributed by atoms with E-state index in [1.54, 1.807) is 0 Å². The molecule has 2 atom stereocenters. The first-order valence-electron chi connectivity index (χ1n) is 6.64. The lowest BCUT2D eigenvalue weighted by atomic mass is 9.79. The zero-order valence-electron chi connectivity index (χ0n) is 11.2. The molecule has 0 aromatic carbocycles. The second kappa shape index (κ2) is 7.71. The maximum Gasteiger partial charge on any atom is 0.337 e. The van der Waals surface area contributed by atoms with Gasteiger partial charge in [-0.1, -0.05) is 26.3 Å². The van der Waals surface area contributed by atoms with Crippen LogP contribution in [0.3, 0.4) is 0 Å². The topological polar surface area (TPSA) is 69.7 Å². The first-order chi connectivity index (χ1) is 9.10. The van der Waals surface area contributed by atoms with Gasteiger partial charge >= 0.3 is 17.9 Å². The Balaban J connectivity index is 2.66. The lowest BCUT2D eigenvalue weighted by molar-refractivity contribution is -0.167. The molecule has 1 aliphatic carbocycles. The van der Waals surface area contributed by atoms with Gasteiger partial charge in [0.1, 0.15) is 0 Å². The second-order valence-electron chi connectivity index (χ2n) is 4.61. The van der Waals surface area contributed by atoms with Gasteiger partial charge in [0, 0.05) is 6.08 Å². The van der Waals surface area contributed by atoms with Crippen LogP contribution in [-0.4, -0.2) is 24.5 Å². The van der Waals surface area contributed by atoms with Crippen molar-refractivity contribution in [2.24, 2.45) is 11.8 Å². The number of hydrogen-bond donors (Lipinski definition) is 0. The lowest BCUT2D eigenvalue weighted by Gasteiger charge is -2.27. The summed E-state index contributed by atoms with van der Waals surface area (Å²) in [5.41, 5.74) is 0. The summed E-state index contributed by atoms with van der Waals surface area (Å²) in [6.07, 6.45) is 4.55. The normalized spacial score (nSPS) is 22.4. The highest BCUT2D eigenvalue weighted by molar-refractivity contribution is 5.94. The molecule has 1 aliphatic rings. The molecule has 2 unspecified atom stereocenters. The first kappa shape index (κ1) is 15.4. The molecule has 0 bridgehead atoms. The molecule has 5 nitrogen and oxygen atoms in total. The summed E-state index contributed by atoms with van der Waals surface area (Å²) in [6.45, 7) is 5.49. The van der Waals surface area contributed by atoms with Gasteiger partial charge in [-0.05, 0) is 19.3 Å². The van der Waals surface area contributed by atoms with Gasteiger partial charge in [-0.3, -0.25) is 9.59 Å². The van der Waals surface area contributed by atoms with E-state index >= 15 is 0 Å². The molecule has 1 saturated carbocycles. The van der Waals surface area contributed by atoms with E-state index in [4.69, 9.17) is 4.74 Å². The summed E-state index contributed by atoms with van der Waals surface area (Å²) >= 11 is 0. The van der Waals surface area contributed by atoms with Gasteiger partial charge in [-0.2, -0.15) is 0 Å². The van der Waals surface area contributed by atoms with E-state index in [0.29, 0.717) is 19.4 Å². The number of carbonyl (C=O) groups is 3. The Bertz CT molecular complexity index is 361. The van der Waals surface area contributed by atoms with Gasteiger partial charge in [-0.25, -0.2) is 4.79 Å². The highest BCUT2D eigenvalue weighted by Gasteiger charge is 2.38. The highest BCUT2D eigenvalue weighted by atomic mass is 16.6. The third kappa shape index (κ3) is 4.50. The van der Waals surface area contributed by atoms with Gasteiger partial charge in [-0.15, -0.1) is 0 Å². The van der Waals surface area contributed by atoms with E-state index in [1.807, 2.05) is 6.92 Å². The Morgan fingerprint density at radius 1 is 1.16 bits per heavy atom. The molecule has 0 saturated heterocycles. The largest absolute Gasteiger partial charge is 0.465 e. The third-order valence-electron chi connectivity index (χ3n) is 3.19. The zero-order chi connectivity index (χ0) is 14.3. The molecule has 1 rings (SSSR count). The maximum absolute atomic E-state index is 11.9. The van der Waals surface area contributed by atoms with E-state index in [1.165, 1.54) is 0 Å². The standard InChI is InChI=1S/C14H20O5/c1-3-9-18-13(16)10-7-5-6-8-11(10)14(17)19-12(15)4-2/h4,10-11H,2-3,5-9H2,1H3. The van der Waals surface area contributed by atoms with Crippen molar-refractivity contribution in [2.75, 3.05) is 6.61 Å². The van der Waals surface area contributed by atoms with Crippen molar-refractivity contribution in [3.63, 3.8) is 0 Å². The fraction of sp³-hybridized carbons (Fsp3) is 0.643. The van der Waals surface area contributed by atoms with Crippen molar-refractivity contribution in [2.45, 2.75) is 39.0 Å². The number of ether oxygens (including phenoxy) is 2. The van der Waals surface area contributed by atoms with E-state index in [9.17, 15) is 14.4 Å². The Labute approximate surface area is 112 Å². The average molecular weight is 268 g/mol. The number of esters is 3. The number of rotatable bonds is 5. The van der Waals surface area contributed by atoms with E-state index in [-0.39, 0.29) is 5.97 Å². The summed E-state index contributed by atoms with van der Waals surface area (Å²) in [5.74, 6) is -2.87. The molecule has 106 valence electrons. The zero-order valence-corrected chi connectivity index (χ0v) is 11.2. The maximum atomic E-state index is 11.9. The summed E-state index contributed by atoms with van der Waals surface area (Å²) in [7, 11) is 0. The Kier molecular flexibility index (Phi) is 6.25. The van der Waals surface area contributed by atoms with Crippen LogP contribution in [0, 0.1) is 11.8 Å². The van der Waals surface area contributed by atoms with Crippen LogP contribution in [0.1, 0.15) is 39.0 Å². The van der Waals surface area contributed by atoms with Crippen LogP contribution in [0.4, 0.5) is 0 Å². The van der Waals surface area contributed by atoms with Crippen LogP contribution < -0.4 is 0 Å². The van der Waals surface area contributed by atoms with Crippen LogP contribution in [0.2, 0.25) is 0 Å².